The van der Waals surface area contributed by atoms with Gasteiger partial charge in [-0.2, -0.15) is 0 Å². The Bertz CT molecular complexity index is 424. The van der Waals surface area contributed by atoms with Crippen molar-refractivity contribution in [3.63, 3.8) is 0 Å². The van der Waals surface area contributed by atoms with Gasteiger partial charge in [0.15, 0.2) is 0 Å². The molecule has 2 rings (SSSR count). The van der Waals surface area contributed by atoms with Crippen LogP contribution in [-0.2, 0) is 4.74 Å². The smallest absolute Gasteiger partial charge is 0.410 e. The fraction of sp³-hybridized carbons (Fsp3) is 0.643. The number of carbonyl (C=O) groups excluding carboxylic acids is 1. The van der Waals surface area contributed by atoms with Crippen molar-refractivity contribution >= 4 is 17.4 Å². The highest BCUT2D eigenvalue weighted by molar-refractivity contribution is 7.10. The summed E-state index contributed by atoms with van der Waals surface area (Å²) in [5, 5.41) is 12.2. The molecule has 2 atom stereocenters. The van der Waals surface area contributed by atoms with Crippen LogP contribution in [0.5, 0.6) is 0 Å². The molecule has 1 aromatic heterocycles. The molecule has 1 aliphatic rings. The van der Waals surface area contributed by atoms with Crippen LogP contribution >= 0.6 is 11.3 Å². The topological polar surface area (TPSA) is 49.8 Å². The second kappa shape index (κ2) is 5.51. The van der Waals surface area contributed by atoms with Crippen molar-refractivity contribution in [1.29, 1.82) is 0 Å². The minimum absolute atomic E-state index is 0.274. The molecule has 4 nitrogen and oxygen atoms in total. The number of rotatable bonds is 1. The van der Waals surface area contributed by atoms with E-state index in [4.69, 9.17) is 4.74 Å². The summed E-state index contributed by atoms with van der Waals surface area (Å²) in [4.78, 5) is 14.9. The number of nitrogens with zero attached hydrogens (tertiary/aromatic N) is 1. The van der Waals surface area contributed by atoms with Gasteiger partial charge in [-0.3, -0.25) is 4.90 Å². The van der Waals surface area contributed by atoms with Gasteiger partial charge >= 0.3 is 6.09 Å². The Labute approximate surface area is 118 Å². The molecule has 5 heteroatoms. The van der Waals surface area contributed by atoms with Gasteiger partial charge in [0.05, 0.1) is 12.1 Å². The Kier molecular flexibility index (Phi) is 4.16. The first-order valence-electron chi connectivity index (χ1n) is 6.59. The van der Waals surface area contributed by atoms with Crippen LogP contribution in [0.4, 0.5) is 4.79 Å². The number of carbonyl (C=O) groups is 1. The molecule has 106 valence electrons. The molecule has 1 amide bonds. The van der Waals surface area contributed by atoms with Gasteiger partial charge in [-0.1, -0.05) is 6.07 Å². The van der Waals surface area contributed by atoms with Crippen LogP contribution in [0.15, 0.2) is 17.5 Å². The molecule has 0 saturated carbocycles. The summed E-state index contributed by atoms with van der Waals surface area (Å²) in [5.41, 5.74) is -0.514. The average Bonchev–Trinajstić information content (AvgIpc) is 2.79. The predicted octanol–water partition coefficient (Wildman–Crippen LogP) is 3.18. The molecule has 0 bridgehead atoms. The normalized spacial score (nSPS) is 24.3. The van der Waals surface area contributed by atoms with Crippen LogP contribution in [0.3, 0.4) is 0 Å². The molecule has 1 N–H and O–H groups in total. The van der Waals surface area contributed by atoms with Crippen molar-refractivity contribution < 1.29 is 14.6 Å². The molecule has 2 unspecified atom stereocenters. The first-order chi connectivity index (χ1) is 8.88. The second-order valence-electron chi connectivity index (χ2n) is 5.84. The monoisotopic (exact) mass is 283 g/mol. The third kappa shape index (κ3) is 3.48. The average molecular weight is 283 g/mol. The number of hydrogen-bond donors (Lipinski definition) is 1. The maximum Gasteiger partial charge on any atom is 0.410 e. The van der Waals surface area contributed by atoms with Crippen molar-refractivity contribution in [3.8, 4) is 0 Å². The standard InChI is InChI=1S/C14H21NO3S/c1-14(2,3)18-13(17)15-8-4-6-10(16)12(15)11-7-5-9-19-11/h5,7,9-10,12,16H,4,6,8H2,1-3H3. The number of thiophene rings is 1. The van der Waals surface area contributed by atoms with E-state index in [0.717, 1.165) is 17.7 Å². The van der Waals surface area contributed by atoms with E-state index >= 15 is 0 Å². The molecule has 1 saturated heterocycles. The zero-order valence-electron chi connectivity index (χ0n) is 11.6. The minimum Gasteiger partial charge on any atom is -0.444 e. The van der Waals surface area contributed by atoms with E-state index in [1.807, 2.05) is 38.3 Å². The maximum absolute atomic E-state index is 12.3. The molecule has 19 heavy (non-hydrogen) atoms. The molecule has 0 spiro atoms. The summed E-state index contributed by atoms with van der Waals surface area (Å²) < 4.78 is 5.43. The fourth-order valence-corrected chi connectivity index (χ4v) is 3.20. The molecule has 0 radical (unpaired) electrons. The molecular weight excluding hydrogens is 262 g/mol. The Morgan fingerprint density at radius 2 is 2.26 bits per heavy atom. The van der Waals surface area contributed by atoms with Gasteiger partial charge in [0.2, 0.25) is 0 Å². The Morgan fingerprint density at radius 1 is 1.53 bits per heavy atom. The minimum atomic E-state index is -0.514. The van der Waals surface area contributed by atoms with Crippen LogP contribution in [-0.4, -0.2) is 34.3 Å². The summed E-state index contributed by atoms with van der Waals surface area (Å²) in [7, 11) is 0. The quantitative estimate of drug-likeness (QED) is 0.861. The van der Waals surface area contributed by atoms with Crippen molar-refractivity contribution in [2.75, 3.05) is 6.54 Å². The number of amides is 1. The van der Waals surface area contributed by atoms with Crippen LogP contribution in [0.25, 0.3) is 0 Å². The van der Waals surface area contributed by atoms with Gasteiger partial charge in [0.1, 0.15) is 5.60 Å². The molecule has 1 aromatic rings. The summed E-state index contributed by atoms with van der Waals surface area (Å²) >= 11 is 1.56. The number of hydrogen-bond acceptors (Lipinski definition) is 4. The lowest BCUT2D eigenvalue weighted by Crippen LogP contribution is -2.46. The van der Waals surface area contributed by atoms with E-state index in [0.29, 0.717) is 6.54 Å². The van der Waals surface area contributed by atoms with Crippen LogP contribution in [0, 0.1) is 0 Å². The van der Waals surface area contributed by atoms with Gasteiger partial charge < -0.3 is 9.84 Å². The molecule has 0 aliphatic carbocycles. The molecular formula is C14H21NO3S. The SMILES string of the molecule is CC(C)(C)OC(=O)N1CCCC(O)C1c1cccs1. The summed E-state index contributed by atoms with van der Waals surface area (Å²) in [6.45, 7) is 6.19. The highest BCUT2D eigenvalue weighted by Gasteiger charge is 2.37. The van der Waals surface area contributed by atoms with Crippen LogP contribution < -0.4 is 0 Å². The zero-order chi connectivity index (χ0) is 14.0. The number of aliphatic hydroxyl groups excluding tert-OH is 1. The summed E-state index contributed by atoms with van der Waals surface area (Å²) in [6.07, 6.45) is 0.675. The van der Waals surface area contributed by atoms with Crippen molar-refractivity contribution in [2.45, 2.75) is 51.4 Å². The number of likely N-dealkylation sites (tertiary alicyclic amines) is 1. The highest BCUT2D eigenvalue weighted by atomic mass is 32.1. The van der Waals surface area contributed by atoms with Gasteiger partial charge in [-0.15, -0.1) is 11.3 Å². The predicted molar refractivity (Wildman–Crippen MR) is 75.2 cm³/mol. The van der Waals surface area contributed by atoms with E-state index in [9.17, 15) is 9.90 Å². The van der Waals surface area contributed by atoms with Crippen molar-refractivity contribution in [2.24, 2.45) is 0 Å². The second-order valence-corrected chi connectivity index (χ2v) is 6.82. The van der Waals surface area contributed by atoms with Crippen molar-refractivity contribution in [1.82, 2.24) is 4.90 Å². The van der Waals surface area contributed by atoms with E-state index in [2.05, 4.69) is 0 Å². The maximum atomic E-state index is 12.3. The molecule has 1 aliphatic heterocycles. The lowest BCUT2D eigenvalue weighted by molar-refractivity contribution is -0.0229. The van der Waals surface area contributed by atoms with E-state index in [-0.39, 0.29) is 12.1 Å². The highest BCUT2D eigenvalue weighted by Crippen LogP contribution is 2.34. The Balaban J connectivity index is 2.19. The van der Waals surface area contributed by atoms with Crippen LogP contribution in [0.1, 0.15) is 44.5 Å². The van der Waals surface area contributed by atoms with E-state index in [1.54, 1.807) is 16.2 Å². The van der Waals surface area contributed by atoms with E-state index < -0.39 is 11.7 Å². The number of aliphatic hydroxyl groups is 1. The zero-order valence-corrected chi connectivity index (χ0v) is 12.4. The van der Waals surface area contributed by atoms with E-state index in [1.165, 1.54) is 0 Å². The Morgan fingerprint density at radius 3 is 2.84 bits per heavy atom. The van der Waals surface area contributed by atoms with Crippen LogP contribution in [0.2, 0.25) is 0 Å². The third-order valence-electron chi connectivity index (χ3n) is 3.06. The molecule has 0 aromatic carbocycles. The van der Waals surface area contributed by atoms with Gasteiger partial charge in [0, 0.05) is 11.4 Å². The molecule has 2 heterocycles. The van der Waals surface area contributed by atoms with Gasteiger partial charge in [-0.05, 0) is 45.1 Å². The first-order valence-corrected chi connectivity index (χ1v) is 7.47. The molecule has 1 fully saturated rings. The third-order valence-corrected chi connectivity index (χ3v) is 4.00. The summed E-state index contributed by atoms with van der Waals surface area (Å²) in [6, 6.07) is 3.62. The fourth-order valence-electron chi connectivity index (χ4n) is 2.30. The lowest BCUT2D eigenvalue weighted by Gasteiger charge is -2.39. The van der Waals surface area contributed by atoms with Gasteiger partial charge in [-0.25, -0.2) is 4.79 Å². The first kappa shape index (κ1) is 14.3. The summed E-state index contributed by atoms with van der Waals surface area (Å²) in [5.74, 6) is 0. The number of ether oxygens (including phenoxy) is 1. The van der Waals surface area contributed by atoms with Gasteiger partial charge in [0.25, 0.3) is 0 Å². The Hall–Kier alpha value is -1.07. The van der Waals surface area contributed by atoms with Crippen molar-refractivity contribution in [3.05, 3.63) is 22.4 Å². The lowest BCUT2D eigenvalue weighted by atomic mass is 9.98. The number of piperidine rings is 1. The largest absolute Gasteiger partial charge is 0.444 e.